The van der Waals surface area contributed by atoms with Gasteiger partial charge in [0.15, 0.2) is 0 Å². The minimum Gasteiger partial charge on any atom is -0.369 e. The van der Waals surface area contributed by atoms with E-state index in [1.54, 1.807) is 0 Å². The minimum atomic E-state index is -0.312. The number of anilines is 1. The molecule has 0 aromatic heterocycles. The van der Waals surface area contributed by atoms with Crippen LogP contribution >= 0.6 is 0 Å². The first-order valence-corrected chi connectivity index (χ1v) is 7.34. The predicted octanol–water partition coefficient (Wildman–Crippen LogP) is 1.44. The Morgan fingerprint density at radius 2 is 1.95 bits per heavy atom. The predicted molar refractivity (Wildman–Crippen MR) is 82.9 cm³/mol. The van der Waals surface area contributed by atoms with Crippen molar-refractivity contribution in [1.82, 2.24) is 4.90 Å². The largest absolute Gasteiger partial charge is 0.369 e. The molecular weight excluding hydrogens is 266 g/mol. The molecule has 5 nitrogen and oxygen atoms in total. The summed E-state index contributed by atoms with van der Waals surface area (Å²) in [6.07, 6.45) is 1.54. The van der Waals surface area contributed by atoms with Gasteiger partial charge in [-0.05, 0) is 51.4 Å². The molecule has 5 heteroatoms. The highest BCUT2D eigenvalue weighted by Gasteiger charge is 2.25. The number of primary amides is 1. The van der Waals surface area contributed by atoms with Crippen molar-refractivity contribution in [3.8, 4) is 0 Å². The lowest BCUT2D eigenvalue weighted by Crippen LogP contribution is -2.42. The molecular formula is C16H23N3O2. The standard InChI is InChI=1S/C16H23N3O2/c1-11-3-4-14(12(2)9-11)18-16(21)13-5-7-19(8-6-13)10-15(17)20/h3-4,9,13H,5-8,10H2,1-2H3,(H2,17,20)(H,18,21). The van der Waals surface area contributed by atoms with Crippen LogP contribution < -0.4 is 11.1 Å². The number of nitrogens with zero attached hydrogens (tertiary/aromatic N) is 1. The number of hydrogen-bond acceptors (Lipinski definition) is 3. The van der Waals surface area contributed by atoms with Gasteiger partial charge in [0.2, 0.25) is 11.8 Å². The average Bonchev–Trinajstić information content (AvgIpc) is 2.42. The Balaban J connectivity index is 1.89. The number of piperidine rings is 1. The van der Waals surface area contributed by atoms with Crippen molar-refractivity contribution >= 4 is 17.5 Å². The molecule has 1 aromatic carbocycles. The fourth-order valence-corrected chi connectivity index (χ4v) is 2.76. The van der Waals surface area contributed by atoms with E-state index in [2.05, 4.69) is 11.4 Å². The van der Waals surface area contributed by atoms with Crippen LogP contribution in [0.3, 0.4) is 0 Å². The quantitative estimate of drug-likeness (QED) is 0.880. The molecule has 1 aromatic rings. The first kappa shape index (κ1) is 15.5. The van der Waals surface area contributed by atoms with E-state index in [0.29, 0.717) is 0 Å². The number of nitrogens with two attached hydrogens (primary N) is 1. The van der Waals surface area contributed by atoms with E-state index in [1.807, 2.05) is 30.9 Å². The zero-order valence-corrected chi connectivity index (χ0v) is 12.7. The lowest BCUT2D eigenvalue weighted by molar-refractivity contribution is -0.122. The van der Waals surface area contributed by atoms with Crippen molar-refractivity contribution in [3.63, 3.8) is 0 Å². The average molecular weight is 289 g/mol. The Hall–Kier alpha value is -1.88. The lowest BCUT2D eigenvalue weighted by atomic mass is 9.95. The number of carbonyl (C=O) groups is 2. The normalized spacial score (nSPS) is 16.7. The molecule has 2 amide bonds. The van der Waals surface area contributed by atoms with Crippen LogP contribution in [0.1, 0.15) is 24.0 Å². The zero-order valence-electron chi connectivity index (χ0n) is 12.7. The summed E-state index contributed by atoms with van der Waals surface area (Å²) in [6.45, 7) is 5.80. The van der Waals surface area contributed by atoms with Crippen LogP contribution in [0, 0.1) is 19.8 Å². The van der Waals surface area contributed by atoms with Crippen LogP contribution in [-0.2, 0) is 9.59 Å². The summed E-state index contributed by atoms with van der Waals surface area (Å²) in [5, 5.41) is 3.01. The first-order chi connectivity index (χ1) is 9.95. The van der Waals surface area contributed by atoms with Crippen molar-refractivity contribution in [3.05, 3.63) is 29.3 Å². The van der Waals surface area contributed by atoms with Crippen LogP contribution in [0.25, 0.3) is 0 Å². The van der Waals surface area contributed by atoms with Gasteiger partial charge >= 0.3 is 0 Å². The fourth-order valence-electron chi connectivity index (χ4n) is 2.76. The van der Waals surface area contributed by atoms with Gasteiger partial charge in [-0.1, -0.05) is 17.7 Å². The van der Waals surface area contributed by atoms with Crippen molar-refractivity contribution in [1.29, 1.82) is 0 Å². The van der Waals surface area contributed by atoms with E-state index in [-0.39, 0.29) is 24.3 Å². The minimum absolute atomic E-state index is 0.00910. The van der Waals surface area contributed by atoms with E-state index in [0.717, 1.165) is 37.2 Å². The molecule has 0 atom stereocenters. The summed E-state index contributed by atoms with van der Waals surface area (Å²) in [5.41, 5.74) is 8.33. The third-order valence-corrected chi connectivity index (χ3v) is 3.98. The number of benzene rings is 1. The van der Waals surface area contributed by atoms with E-state index in [1.165, 1.54) is 5.56 Å². The van der Waals surface area contributed by atoms with E-state index < -0.39 is 0 Å². The van der Waals surface area contributed by atoms with Gasteiger partial charge in [0.05, 0.1) is 6.54 Å². The summed E-state index contributed by atoms with van der Waals surface area (Å²) < 4.78 is 0. The molecule has 0 spiro atoms. The van der Waals surface area contributed by atoms with Crippen LogP contribution in [0.15, 0.2) is 18.2 Å². The molecule has 114 valence electrons. The summed E-state index contributed by atoms with van der Waals surface area (Å²) >= 11 is 0. The molecule has 2 rings (SSSR count). The smallest absolute Gasteiger partial charge is 0.231 e. The maximum atomic E-state index is 12.3. The summed E-state index contributed by atoms with van der Waals surface area (Å²) in [4.78, 5) is 25.2. The Bertz CT molecular complexity index is 534. The number of amides is 2. The number of nitrogens with one attached hydrogen (secondary N) is 1. The maximum Gasteiger partial charge on any atom is 0.231 e. The third kappa shape index (κ3) is 4.29. The summed E-state index contributed by atoms with van der Waals surface area (Å²) in [7, 11) is 0. The summed E-state index contributed by atoms with van der Waals surface area (Å²) in [6, 6.07) is 6.01. The third-order valence-electron chi connectivity index (χ3n) is 3.98. The van der Waals surface area contributed by atoms with Gasteiger partial charge < -0.3 is 11.1 Å². The number of aryl methyl sites for hydroxylation is 2. The number of likely N-dealkylation sites (tertiary alicyclic amines) is 1. The molecule has 1 aliphatic rings. The van der Waals surface area contributed by atoms with Crippen molar-refractivity contribution in [2.45, 2.75) is 26.7 Å². The fraction of sp³-hybridized carbons (Fsp3) is 0.500. The zero-order chi connectivity index (χ0) is 15.4. The molecule has 0 bridgehead atoms. The van der Waals surface area contributed by atoms with Crippen LogP contribution in [0.4, 0.5) is 5.69 Å². The van der Waals surface area contributed by atoms with Gasteiger partial charge in [-0.2, -0.15) is 0 Å². The van der Waals surface area contributed by atoms with Crippen LogP contribution in [-0.4, -0.2) is 36.3 Å². The molecule has 0 unspecified atom stereocenters. The molecule has 1 aliphatic heterocycles. The Kier molecular flexibility index (Phi) is 4.96. The second kappa shape index (κ2) is 6.72. The molecule has 1 saturated heterocycles. The Morgan fingerprint density at radius 1 is 1.29 bits per heavy atom. The monoisotopic (exact) mass is 289 g/mol. The van der Waals surface area contributed by atoms with Crippen molar-refractivity contribution in [2.75, 3.05) is 25.0 Å². The van der Waals surface area contributed by atoms with Gasteiger partial charge in [-0.3, -0.25) is 14.5 Å². The Labute approximate surface area is 125 Å². The highest BCUT2D eigenvalue weighted by molar-refractivity contribution is 5.93. The van der Waals surface area contributed by atoms with Gasteiger partial charge in [0.1, 0.15) is 0 Å². The van der Waals surface area contributed by atoms with Gasteiger partial charge in [0.25, 0.3) is 0 Å². The number of hydrogen-bond donors (Lipinski definition) is 2. The second-order valence-corrected chi connectivity index (χ2v) is 5.82. The highest BCUT2D eigenvalue weighted by atomic mass is 16.2. The van der Waals surface area contributed by atoms with Crippen molar-refractivity contribution < 1.29 is 9.59 Å². The van der Waals surface area contributed by atoms with E-state index in [9.17, 15) is 9.59 Å². The van der Waals surface area contributed by atoms with E-state index >= 15 is 0 Å². The first-order valence-electron chi connectivity index (χ1n) is 7.34. The molecule has 1 fully saturated rings. The number of rotatable bonds is 4. The molecule has 0 aliphatic carbocycles. The lowest BCUT2D eigenvalue weighted by Gasteiger charge is -2.30. The maximum absolute atomic E-state index is 12.3. The SMILES string of the molecule is Cc1ccc(NC(=O)C2CCN(CC(N)=O)CC2)c(C)c1. The van der Waals surface area contributed by atoms with Gasteiger partial charge in [0, 0.05) is 11.6 Å². The highest BCUT2D eigenvalue weighted by Crippen LogP contribution is 2.21. The van der Waals surface area contributed by atoms with Crippen LogP contribution in [0.5, 0.6) is 0 Å². The molecule has 21 heavy (non-hydrogen) atoms. The van der Waals surface area contributed by atoms with Crippen molar-refractivity contribution in [2.24, 2.45) is 11.7 Å². The second-order valence-electron chi connectivity index (χ2n) is 5.82. The van der Waals surface area contributed by atoms with E-state index in [4.69, 9.17) is 5.73 Å². The molecule has 1 heterocycles. The van der Waals surface area contributed by atoms with Gasteiger partial charge in [-0.25, -0.2) is 0 Å². The topological polar surface area (TPSA) is 75.4 Å². The van der Waals surface area contributed by atoms with Crippen LogP contribution in [0.2, 0.25) is 0 Å². The summed E-state index contributed by atoms with van der Waals surface area (Å²) in [5.74, 6) is -0.233. The number of carbonyl (C=O) groups excluding carboxylic acids is 2. The Morgan fingerprint density at radius 3 is 2.52 bits per heavy atom. The molecule has 3 N–H and O–H groups in total. The molecule has 0 radical (unpaired) electrons. The van der Waals surface area contributed by atoms with Gasteiger partial charge in [-0.15, -0.1) is 0 Å². The molecule has 0 saturated carbocycles.